The minimum Gasteiger partial charge on any atom is -0.368 e. The number of halogens is 1. The monoisotopic (exact) mass is 563 g/mol. The van der Waals surface area contributed by atoms with E-state index in [-0.39, 0.29) is 17.5 Å². The van der Waals surface area contributed by atoms with Crippen molar-refractivity contribution in [1.29, 1.82) is 0 Å². The zero-order valence-corrected chi connectivity index (χ0v) is 20.5. The summed E-state index contributed by atoms with van der Waals surface area (Å²) < 4.78 is 2.53. The number of rotatable bonds is 6. The first-order valence-electron chi connectivity index (χ1n) is 10.7. The van der Waals surface area contributed by atoms with E-state index in [1.807, 2.05) is 55.5 Å². The van der Waals surface area contributed by atoms with Gasteiger partial charge in [0.15, 0.2) is 0 Å². The largest absolute Gasteiger partial charge is 0.368 e. The molecule has 170 valence electrons. The molecular formula is C25H22IN7O. The van der Waals surface area contributed by atoms with Gasteiger partial charge in [0.2, 0.25) is 5.95 Å². The van der Waals surface area contributed by atoms with Gasteiger partial charge in [-0.25, -0.2) is 4.98 Å². The van der Waals surface area contributed by atoms with Crippen LogP contribution in [-0.2, 0) is 4.43 Å². The number of aromatic nitrogens is 5. The molecule has 8 nitrogen and oxygen atoms in total. The van der Waals surface area contributed by atoms with Crippen LogP contribution in [0.4, 0.5) is 11.8 Å². The molecule has 0 fully saturated rings. The third kappa shape index (κ3) is 4.03. The molecule has 0 amide bonds. The third-order valence-corrected chi connectivity index (χ3v) is 6.56. The second-order valence-electron chi connectivity index (χ2n) is 7.90. The van der Waals surface area contributed by atoms with Crippen molar-refractivity contribution in [2.45, 2.75) is 17.4 Å². The standard InChI is InChI=1S/C25H22IN7O/c1-15(31-23-20(14-28-25(27)32-23)18-12-29-30-13-18)21-10-16-6-5-7-17(11-26)22(16)24(34)33(21)19-8-3-2-4-9-19/h2-10,12-15H,11H2,1H3,(H,29,30)(H3,27,28,31,32)/t15-/m0/s1. The Morgan fingerprint density at radius 1 is 1.15 bits per heavy atom. The molecule has 0 saturated heterocycles. The molecule has 0 aliphatic carbocycles. The van der Waals surface area contributed by atoms with Gasteiger partial charge in [-0.15, -0.1) is 0 Å². The first-order valence-corrected chi connectivity index (χ1v) is 12.3. The van der Waals surface area contributed by atoms with E-state index in [9.17, 15) is 4.79 Å². The highest BCUT2D eigenvalue weighted by molar-refractivity contribution is 14.1. The summed E-state index contributed by atoms with van der Waals surface area (Å²) in [4.78, 5) is 22.4. The Morgan fingerprint density at radius 2 is 1.97 bits per heavy atom. The number of benzene rings is 2. The van der Waals surface area contributed by atoms with E-state index in [0.29, 0.717) is 5.82 Å². The van der Waals surface area contributed by atoms with Crippen LogP contribution in [0.5, 0.6) is 0 Å². The fraction of sp³-hybridized carbons (Fsp3) is 0.120. The molecule has 0 unspecified atom stereocenters. The van der Waals surface area contributed by atoms with Gasteiger partial charge in [0.25, 0.3) is 5.56 Å². The van der Waals surface area contributed by atoms with Crippen molar-refractivity contribution in [2.24, 2.45) is 0 Å². The fourth-order valence-corrected chi connectivity index (χ4v) is 4.76. The maximum Gasteiger partial charge on any atom is 0.263 e. The third-order valence-electron chi connectivity index (χ3n) is 5.73. The topological polar surface area (TPSA) is 115 Å². The summed E-state index contributed by atoms with van der Waals surface area (Å²) in [6.45, 7) is 2.00. The lowest BCUT2D eigenvalue weighted by molar-refractivity contribution is 0.773. The lowest BCUT2D eigenvalue weighted by atomic mass is 10.0. The van der Waals surface area contributed by atoms with Gasteiger partial charge in [-0.3, -0.25) is 14.5 Å². The predicted molar refractivity (Wildman–Crippen MR) is 143 cm³/mol. The number of aromatic amines is 1. The van der Waals surface area contributed by atoms with Gasteiger partial charge in [0.1, 0.15) is 5.82 Å². The van der Waals surface area contributed by atoms with Crippen LogP contribution in [0.2, 0.25) is 0 Å². The molecule has 1 atom stereocenters. The number of nitrogens with one attached hydrogen (secondary N) is 2. The molecule has 0 spiro atoms. The van der Waals surface area contributed by atoms with Gasteiger partial charge in [-0.1, -0.05) is 59.0 Å². The van der Waals surface area contributed by atoms with Crippen LogP contribution in [0.25, 0.3) is 27.6 Å². The van der Waals surface area contributed by atoms with Crippen molar-refractivity contribution >= 4 is 45.1 Å². The summed E-state index contributed by atoms with van der Waals surface area (Å²) in [5.74, 6) is 0.724. The van der Waals surface area contributed by atoms with Crippen LogP contribution in [0.15, 0.2) is 78.0 Å². The van der Waals surface area contributed by atoms with Crippen molar-refractivity contribution in [3.05, 3.63) is 94.8 Å². The maximum absolute atomic E-state index is 13.9. The maximum atomic E-state index is 13.9. The Hall–Kier alpha value is -3.73. The zero-order valence-electron chi connectivity index (χ0n) is 18.4. The number of nitrogens with zero attached hydrogens (tertiary/aromatic N) is 4. The van der Waals surface area contributed by atoms with Gasteiger partial charge in [-0.05, 0) is 36.1 Å². The summed E-state index contributed by atoms with van der Waals surface area (Å²) in [6.07, 6.45) is 5.14. The zero-order chi connectivity index (χ0) is 23.7. The second-order valence-corrected chi connectivity index (χ2v) is 8.67. The van der Waals surface area contributed by atoms with E-state index >= 15 is 0 Å². The Morgan fingerprint density at radius 3 is 2.71 bits per heavy atom. The van der Waals surface area contributed by atoms with Crippen LogP contribution in [0.3, 0.4) is 0 Å². The first kappa shape index (κ1) is 22.1. The molecule has 0 aliphatic heterocycles. The molecule has 0 bridgehead atoms. The number of hydrogen-bond donors (Lipinski definition) is 3. The molecule has 3 aromatic heterocycles. The quantitative estimate of drug-likeness (QED) is 0.201. The van der Waals surface area contributed by atoms with Crippen LogP contribution in [0.1, 0.15) is 24.2 Å². The van der Waals surface area contributed by atoms with Gasteiger partial charge in [-0.2, -0.15) is 10.1 Å². The first-order chi connectivity index (χ1) is 16.6. The van der Waals surface area contributed by atoms with Crippen molar-refractivity contribution in [2.75, 3.05) is 11.1 Å². The minimum atomic E-state index is -0.277. The Balaban J connectivity index is 1.69. The number of alkyl halides is 1. The van der Waals surface area contributed by atoms with E-state index in [2.05, 4.69) is 54.1 Å². The van der Waals surface area contributed by atoms with E-state index in [4.69, 9.17) is 5.73 Å². The van der Waals surface area contributed by atoms with Gasteiger partial charge in [0, 0.05) is 39.3 Å². The van der Waals surface area contributed by atoms with Gasteiger partial charge in [0.05, 0.1) is 17.6 Å². The fourth-order valence-electron chi connectivity index (χ4n) is 4.12. The van der Waals surface area contributed by atoms with Crippen LogP contribution < -0.4 is 16.6 Å². The van der Waals surface area contributed by atoms with E-state index in [1.54, 1.807) is 23.2 Å². The molecule has 0 saturated carbocycles. The van der Waals surface area contributed by atoms with E-state index in [1.165, 1.54) is 0 Å². The number of para-hydroxylation sites is 1. The molecule has 9 heteroatoms. The molecule has 34 heavy (non-hydrogen) atoms. The van der Waals surface area contributed by atoms with Crippen LogP contribution in [-0.4, -0.2) is 24.7 Å². The second kappa shape index (κ2) is 9.26. The predicted octanol–water partition coefficient (Wildman–Crippen LogP) is 4.86. The molecule has 5 rings (SSSR count). The molecule has 0 aliphatic rings. The Kier molecular flexibility index (Phi) is 6.01. The highest BCUT2D eigenvalue weighted by Crippen LogP contribution is 2.30. The number of nitrogens with two attached hydrogens (primary N) is 1. The van der Waals surface area contributed by atoms with Crippen LogP contribution >= 0.6 is 22.6 Å². The minimum absolute atomic E-state index is 0.0446. The van der Waals surface area contributed by atoms with Crippen molar-refractivity contribution < 1.29 is 0 Å². The lowest BCUT2D eigenvalue weighted by Crippen LogP contribution is -2.26. The molecule has 0 radical (unpaired) electrons. The van der Waals surface area contributed by atoms with Crippen molar-refractivity contribution in [3.8, 4) is 16.8 Å². The summed E-state index contributed by atoms with van der Waals surface area (Å²) in [6, 6.07) is 17.5. The number of nitrogen functional groups attached to an aromatic ring is 1. The molecule has 5 aromatic rings. The molecular weight excluding hydrogens is 541 g/mol. The van der Waals surface area contributed by atoms with E-state index in [0.717, 1.165) is 43.3 Å². The average Bonchev–Trinajstić information content (AvgIpc) is 3.39. The number of anilines is 2. The highest BCUT2D eigenvalue weighted by atomic mass is 127. The SMILES string of the molecule is C[C@H](Nc1nc(N)ncc1-c1cn[nH]c1)c1cc2cccc(CI)c2c(=O)n1-c1ccccc1. The summed E-state index contributed by atoms with van der Waals surface area (Å²) in [7, 11) is 0. The Labute approximate surface area is 209 Å². The van der Waals surface area contributed by atoms with Crippen molar-refractivity contribution in [1.82, 2.24) is 24.7 Å². The number of H-pyrrole nitrogens is 1. The summed E-state index contributed by atoms with van der Waals surface area (Å²) in [5, 5.41) is 11.9. The average molecular weight is 563 g/mol. The smallest absolute Gasteiger partial charge is 0.263 e. The number of fused-ring (bicyclic) bond motifs is 1. The molecule has 4 N–H and O–H groups in total. The normalized spacial score (nSPS) is 12.1. The number of hydrogen-bond acceptors (Lipinski definition) is 6. The highest BCUT2D eigenvalue weighted by Gasteiger charge is 2.20. The Bertz CT molecular complexity index is 1510. The van der Waals surface area contributed by atoms with Gasteiger partial charge < -0.3 is 11.1 Å². The lowest BCUT2D eigenvalue weighted by Gasteiger charge is -2.22. The van der Waals surface area contributed by atoms with Crippen LogP contribution in [0, 0.1) is 0 Å². The van der Waals surface area contributed by atoms with Crippen molar-refractivity contribution in [3.63, 3.8) is 0 Å². The number of pyridine rings is 1. The summed E-state index contributed by atoms with van der Waals surface area (Å²) >= 11 is 2.30. The van der Waals surface area contributed by atoms with Gasteiger partial charge >= 0.3 is 0 Å². The molecule has 2 aromatic carbocycles. The van der Waals surface area contributed by atoms with E-state index < -0.39 is 0 Å². The molecule has 3 heterocycles. The summed E-state index contributed by atoms with van der Waals surface area (Å²) in [5.41, 5.74) is 10.1.